The first kappa shape index (κ1) is 50.7. The highest BCUT2D eigenvalue weighted by Gasteiger charge is 2.49. The minimum absolute atomic E-state index is 0.0998. The summed E-state index contributed by atoms with van der Waals surface area (Å²) in [5.41, 5.74) is 5.27. The Labute approximate surface area is 470 Å². The number of unbranched alkanes of at least 4 members (excludes halogenated alkanes) is 5. The van der Waals surface area contributed by atoms with E-state index in [1.807, 2.05) is 58.3 Å². The monoisotopic (exact) mass is 1120 g/mol. The molecule has 0 radical (unpaired) electrons. The van der Waals surface area contributed by atoms with Crippen molar-refractivity contribution < 1.29 is 23.2 Å². The summed E-state index contributed by atoms with van der Waals surface area (Å²) < 4.78 is 15.0. The lowest BCUT2D eigenvalue weighted by molar-refractivity contribution is -0.124. The van der Waals surface area contributed by atoms with Gasteiger partial charge in [-0.15, -0.1) is 45.3 Å². The summed E-state index contributed by atoms with van der Waals surface area (Å²) in [4.78, 5) is 77.1. The van der Waals surface area contributed by atoms with Gasteiger partial charge < -0.3 is 18.6 Å². The number of carbonyl (C=O) groups excluding carboxylic acids is 3. The number of nitrogens with zero attached hydrogens (tertiary/aromatic N) is 6. The van der Waals surface area contributed by atoms with E-state index in [0.29, 0.717) is 80.6 Å². The quantitative estimate of drug-likeness (QED) is 0.0544. The number of carbonyl (C=O) groups is 3. The van der Waals surface area contributed by atoms with Crippen LogP contribution in [0.5, 0.6) is 0 Å². The van der Waals surface area contributed by atoms with Gasteiger partial charge in [0.05, 0.1) is 43.4 Å². The van der Waals surface area contributed by atoms with Gasteiger partial charge in [0.2, 0.25) is 17.8 Å². The predicted octanol–water partition coefficient (Wildman–Crippen LogP) is 15.9. The van der Waals surface area contributed by atoms with Gasteiger partial charge in [0.1, 0.15) is 16.8 Å². The van der Waals surface area contributed by atoms with Crippen LogP contribution >= 0.6 is 45.3 Å². The molecule has 0 saturated heterocycles. The molecule has 2 aliphatic heterocycles. The van der Waals surface area contributed by atoms with E-state index in [-0.39, 0.29) is 29.2 Å². The Bertz CT molecular complexity index is 4370. The molecule has 396 valence electrons. The van der Waals surface area contributed by atoms with Crippen molar-refractivity contribution >= 4 is 149 Å². The number of furan rings is 2. The molecule has 2 amide bonds. The molecule has 0 bridgehead atoms. The van der Waals surface area contributed by atoms with Crippen molar-refractivity contribution in [3.05, 3.63) is 153 Å². The fourth-order valence-electron chi connectivity index (χ4n) is 11.3. The van der Waals surface area contributed by atoms with E-state index in [1.54, 1.807) is 61.9 Å². The van der Waals surface area contributed by atoms with E-state index < -0.39 is 0 Å². The highest BCUT2D eigenvalue weighted by molar-refractivity contribution is 7.16. The summed E-state index contributed by atoms with van der Waals surface area (Å²) in [7, 11) is 0. The molecule has 2 aliphatic rings. The maximum atomic E-state index is 15.1. The van der Waals surface area contributed by atoms with Gasteiger partial charge in [0.15, 0.2) is 11.5 Å². The third-order valence-corrected chi connectivity index (χ3v) is 19.0. The number of benzene rings is 2. The summed E-state index contributed by atoms with van der Waals surface area (Å²) >= 11 is 6.43. The Balaban J connectivity index is 0.794. The van der Waals surface area contributed by atoms with Crippen LogP contribution < -0.4 is 5.56 Å². The first-order chi connectivity index (χ1) is 38.6. The first-order valence-electron chi connectivity index (χ1n) is 26.9. The van der Waals surface area contributed by atoms with Crippen LogP contribution in [0.25, 0.3) is 107 Å². The van der Waals surface area contributed by atoms with Crippen LogP contribution in [0.15, 0.2) is 127 Å². The van der Waals surface area contributed by atoms with Crippen LogP contribution in [0.1, 0.15) is 102 Å². The predicted molar refractivity (Wildman–Crippen MR) is 324 cm³/mol. The maximum Gasteiger partial charge on any atom is 0.264 e. The smallest absolute Gasteiger partial charge is 0.264 e. The van der Waals surface area contributed by atoms with Crippen molar-refractivity contribution in [1.29, 1.82) is 0 Å². The van der Waals surface area contributed by atoms with Gasteiger partial charge >= 0.3 is 0 Å². The van der Waals surface area contributed by atoms with E-state index in [0.717, 1.165) is 75.2 Å². The highest BCUT2D eigenvalue weighted by atomic mass is 32.1. The van der Waals surface area contributed by atoms with Crippen LogP contribution in [0.2, 0.25) is 0 Å². The Morgan fingerprint density at radius 3 is 1.97 bits per heavy atom. The highest BCUT2D eigenvalue weighted by Crippen LogP contribution is 2.50. The lowest BCUT2D eigenvalue weighted by Gasteiger charge is -2.27. The van der Waals surface area contributed by atoms with Gasteiger partial charge in [-0.3, -0.25) is 28.1 Å². The Morgan fingerprint density at radius 1 is 0.633 bits per heavy atom. The molecule has 1 atom stereocenters. The van der Waals surface area contributed by atoms with E-state index in [2.05, 4.69) is 92.7 Å². The summed E-state index contributed by atoms with van der Waals surface area (Å²) in [6.45, 7) is 9.73. The number of pyridine rings is 1. The van der Waals surface area contributed by atoms with Crippen LogP contribution in [-0.4, -0.2) is 60.0 Å². The molecule has 9 aromatic heterocycles. The van der Waals surface area contributed by atoms with Crippen LogP contribution in [0.4, 0.5) is 0 Å². The molecule has 11 heterocycles. The van der Waals surface area contributed by atoms with Gasteiger partial charge in [-0.2, -0.15) is 9.97 Å². The molecule has 13 rings (SSSR count). The van der Waals surface area contributed by atoms with Crippen molar-refractivity contribution in [1.82, 2.24) is 28.7 Å². The molecule has 12 nitrogen and oxygen atoms in total. The molecule has 16 heteroatoms. The molecular weight excluding hydrogens is 1060 g/mol. The van der Waals surface area contributed by atoms with Gasteiger partial charge in [0.25, 0.3) is 17.4 Å². The molecule has 2 aromatic carbocycles. The number of fused-ring (bicyclic) bond motifs is 6. The largest absolute Gasteiger partial charge is 0.445 e. The number of amides is 2. The van der Waals surface area contributed by atoms with Gasteiger partial charge in [-0.05, 0) is 108 Å². The molecular formula is C63H54N6O6S4. The second kappa shape index (κ2) is 20.8. The average Bonchev–Trinajstić information content (AvgIpc) is 4.38. The third kappa shape index (κ3) is 8.94. The Hall–Kier alpha value is -7.76. The number of rotatable bonds is 20. The standard InChI is InChI=1S/C63H54N6O6S4/c1-5-6-7-8-9-10-13-37(4)34-67-56(54-53(63(67)73)55(66(62(54)72)33-36(2)3)50-27-22-40(78-50)18-17-38-14-12-31-76-38)51-28-23-41(79-51)20-19-39-21-26-49(77-39)48-32-47-60(75-48)64-57(68(47)35-70)43-24-25-45-52-42(43)15-11-16-44(52)58-65-59-46(29-30-74-59)69(58)61(45)71/h11-12,14-32,35-37H,5-10,13,33-34H2,1-4H3/b18-17+,20-19+. The van der Waals surface area contributed by atoms with Gasteiger partial charge in [-0.1, -0.05) is 90.5 Å². The fourth-order valence-corrected chi connectivity index (χ4v) is 14.7. The topological polar surface area (TPSA) is 136 Å². The van der Waals surface area contributed by atoms with Gasteiger partial charge in [-0.25, -0.2) is 0 Å². The first-order valence-corrected chi connectivity index (χ1v) is 30.3. The van der Waals surface area contributed by atoms with E-state index in [9.17, 15) is 14.4 Å². The molecule has 0 aliphatic carbocycles. The summed E-state index contributed by atoms with van der Waals surface area (Å²) in [5.74, 6) is 1.19. The Kier molecular flexibility index (Phi) is 13.4. The van der Waals surface area contributed by atoms with E-state index in [1.165, 1.54) is 42.9 Å². The second-order valence-corrected chi connectivity index (χ2v) is 25.2. The molecule has 0 saturated carbocycles. The minimum atomic E-state index is -0.203. The molecule has 0 fully saturated rings. The number of hydrogen-bond donors (Lipinski definition) is 0. The zero-order chi connectivity index (χ0) is 54.1. The molecule has 1 unspecified atom stereocenters. The molecule has 0 N–H and O–H groups in total. The zero-order valence-corrected chi connectivity index (χ0v) is 47.3. The number of thiophene rings is 4. The second-order valence-electron chi connectivity index (χ2n) is 20.9. The summed E-state index contributed by atoms with van der Waals surface area (Å²) in [5, 5.41) is 4.87. The maximum absolute atomic E-state index is 15.1. The van der Waals surface area contributed by atoms with Crippen molar-refractivity contribution in [2.24, 2.45) is 11.8 Å². The number of aromatic nitrogens is 4. The lowest BCUT2D eigenvalue weighted by atomic mass is 9.97. The Morgan fingerprint density at radius 2 is 1.29 bits per heavy atom. The SMILES string of the molecule is CCCCCCCCC(C)CN1C(=O)C2=C(c3ccc(/C=C/c4cccs4)s3)N(CC(C)C)C(=O)C2=C1c1ccc(/C=C/c2ccc(-c3cc4c(nc(-c5ccc6c(=O)n7c8ccoc8nc7c7cccc5c67)n4C=O)o3)s2)s1. The molecule has 79 heavy (non-hydrogen) atoms. The van der Waals surface area contributed by atoms with Gasteiger partial charge in [0, 0.05) is 66.5 Å². The zero-order valence-electron chi connectivity index (χ0n) is 44.0. The van der Waals surface area contributed by atoms with E-state index in [4.69, 9.17) is 13.8 Å². The van der Waals surface area contributed by atoms with Crippen LogP contribution in [0, 0.1) is 11.8 Å². The number of hydrogen-bond acceptors (Lipinski definition) is 12. The third-order valence-electron chi connectivity index (χ3n) is 15.0. The summed E-state index contributed by atoms with van der Waals surface area (Å²) in [6.07, 6.45) is 18.9. The lowest BCUT2D eigenvalue weighted by Crippen LogP contribution is -2.33. The molecule has 0 spiro atoms. The molecule has 11 aromatic rings. The average molecular weight is 1120 g/mol. The number of imidazole rings is 2. The van der Waals surface area contributed by atoms with Crippen molar-refractivity contribution in [3.8, 4) is 22.0 Å². The van der Waals surface area contributed by atoms with E-state index >= 15 is 4.79 Å². The van der Waals surface area contributed by atoms with Crippen molar-refractivity contribution in [2.45, 2.75) is 72.6 Å². The van der Waals surface area contributed by atoms with Crippen LogP contribution in [0.3, 0.4) is 0 Å². The van der Waals surface area contributed by atoms with Crippen molar-refractivity contribution in [2.75, 3.05) is 13.1 Å². The normalized spacial score (nSPS) is 14.7. The fraction of sp³-hybridized carbons (Fsp3) is 0.238. The van der Waals surface area contributed by atoms with Crippen molar-refractivity contribution in [3.63, 3.8) is 0 Å². The minimum Gasteiger partial charge on any atom is -0.445 e. The summed E-state index contributed by atoms with van der Waals surface area (Å²) in [6, 6.07) is 29.4. The van der Waals surface area contributed by atoms with Crippen LogP contribution in [-0.2, 0) is 14.4 Å².